The molecule has 1 N–H and O–H groups in total. The van der Waals surface area contributed by atoms with Crippen molar-refractivity contribution in [1.82, 2.24) is 9.62 Å². The van der Waals surface area contributed by atoms with Crippen LogP contribution in [0.3, 0.4) is 0 Å². The van der Waals surface area contributed by atoms with Gasteiger partial charge in [0.1, 0.15) is 0 Å². The third-order valence-corrected chi connectivity index (χ3v) is 6.52. The summed E-state index contributed by atoms with van der Waals surface area (Å²) >= 11 is 0. The zero-order valence-corrected chi connectivity index (χ0v) is 17.5. The first-order valence-corrected chi connectivity index (χ1v) is 11.5. The van der Waals surface area contributed by atoms with Crippen molar-refractivity contribution in [2.75, 3.05) is 26.2 Å². The number of nitrogens with zero attached hydrogens (tertiary/aromatic N) is 1. The van der Waals surface area contributed by atoms with Crippen molar-refractivity contribution in [3.8, 4) is 0 Å². The van der Waals surface area contributed by atoms with Gasteiger partial charge in [0.05, 0.1) is 11.0 Å². The second kappa shape index (κ2) is 10.0. The lowest BCUT2D eigenvalue weighted by Crippen LogP contribution is -2.33. The number of rotatable bonds is 9. The molecule has 0 aromatic heterocycles. The standard InChI is InChI=1S/C22H28N2O4S/c1-2-24(14-13-18-8-4-3-5-9-18)22(25)19-10-6-12-21(16-19)29(26,27)23-17-20-11-7-15-28-20/h3-6,8-10,12,16,20,23H,2,7,11,13-15,17H2,1H3. The molecule has 1 unspecified atom stereocenters. The lowest BCUT2D eigenvalue weighted by molar-refractivity contribution is 0.0766. The van der Waals surface area contributed by atoms with Gasteiger partial charge in [0, 0.05) is 31.8 Å². The number of likely N-dealkylation sites (N-methyl/N-ethyl adjacent to an activating group) is 1. The summed E-state index contributed by atoms with van der Waals surface area (Å²) in [6, 6.07) is 16.2. The Balaban J connectivity index is 1.66. The van der Waals surface area contributed by atoms with Gasteiger partial charge in [0.2, 0.25) is 10.0 Å². The average molecular weight is 417 g/mol. The van der Waals surface area contributed by atoms with Crippen molar-refractivity contribution < 1.29 is 17.9 Å². The Morgan fingerprint density at radius 1 is 1.17 bits per heavy atom. The quantitative estimate of drug-likeness (QED) is 0.682. The molecular formula is C22H28N2O4S. The number of hydrogen-bond acceptors (Lipinski definition) is 4. The minimum Gasteiger partial charge on any atom is -0.377 e. The Labute approximate surface area is 172 Å². The minimum atomic E-state index is -3.69. The van der Waals surface area contributed by atoms with Crippen LogP contribution >= 0.6 is 0 Å². The van der Waals surface area contributed by atoms with Crippen molar-refractivity contribution in [2.45, 2.75) is 37.2 Å². The van der Waals surface area contributed by atoms with Gasteiger partial charge in [-0.05, 0) is 49.9 Å². The van der Waals surface area contributed by atoms with E-state index in [1.54, 1.807) is 17.0 Å². The molecule has 0 radical (unpaired) electrons. The Morgan fingerprint density at radius 3 is 2.66 bits per heavy atom. The van der Waals surface area contributed by atoms with Crippen LogP contribution in [-0.4, -0.2) is 51.6 Å². The number of ether oxygens (including phenoxy) is 1. The summed E-state index contributed by atoms with van der Waals surface area (Å²) in [5.74, 6) is -0.167. The van der Waals surface area contributed by atoms with Crippen molar-refractivity contribution in [3.05, 3.63) is 65.7 Å². The second-order valence-corrected chi connectivity index (χ2v) is 8.90. The summed E-state index contributed by atoms with van der Waals surface area (Å²) in [5.41, 5.74) is 1.54. The second-order valence-electron chi connectivity index (χ2n) is 7.14. The van der Waals surface area contributed by atoms with Gasteiger partial charge in [-0.3, -0.25) is 4.79 Å². The number of amides is 1. The SMILES string of the molecule is CCN(CCc1ccccc1)C(=O)c1cccc(S(=O)(=O)NCC2CCCO2)c1. The van der Waals surface area contributed by atoms with Crippen LogP contribution in [0.25, 0.3) is 0 Å². The fourth-order valence-electron chi connectivity index (χ4n) is 3.38. The van der Waals surface area contributed by atoms with E-state index in [2.05, 4.69) is 4.72 Å². The first-order valence-electron chi connectivity index (χ1n) is 10.0. The molecule has 6 nitrogen and oxygen atoms in total. The lowest BCUT2D eigenvalue weighted by Gasteiger charge is -2.21. The molecule has 1 aliphatic rings. The van der Waals surface area contributed by atoms with Crippen molar-refractivity contribution >= 4 is 15.9 Å². The van der Waals surface area contributed by atoms with Gasteiger partial charge in [-0.1, -0.05) is 36.4 Å². The summed E-state index contributed by atoms with van der Waals surface area (Å²) in [5, 5.41) is 0. The van der Waals surface area contributed by atoms with E-state index in [0.29, 0.717) is 25.3 Å². The lowest BCUT2D eigenvalue weighted by atomic mass is 10.1. The molecule has 1 aliphatic heterocycles. The molecule has 0 saturated carbocycles. The van der Waals surface area contributed by atoms with Gasteiger partial charge in [-0.25, -0.2) is 13.1 Å². The van der Waals surface area contributed by atoms with E-state index in [9.17, 15) is 13.2 Å². The normalized spacial score (nSPS) is 16.7. The zero-order valence-electron chi connectivity index (χ0n) is 16.7. The largest absolute Gasteiger partial charge is 0.377 e. The van der Waals surface area contributed by atoms with Gasteiger partial charge in [-0.2, -0.15) is 0 Å². The molecule has 2 aromatic carbocycles. The monoisotopic (exact) mass is 416 g/mol. The molecule has 0 aliphatic carbocycles. The maximum atomic E-state index is 12.9. The molecule has 3 rings (SSSR count). The molecule has 1 heterocycles. The van der Waals surface area contributed by atoms with Crippen LogP contribution in [0.5, 0.6) is 0 Å². The smallest absolute Gasteiger partial charge is 0.253 e. The third-order valence-electron chi connectivity index (χ3n) is 5.10. The molecule has 1 fully saturated rings. The molecule has 29 heavy (non-hydrogen) atoms. The summed E-state index contributed by atoms with van der Waals surface area (Å²) < 4.78 is 33.3. The molecule has 7 heteroatoms. The highest BCUT2D eigenvalue weighted by Gasteiger charge is 2.22. The maximum absolute atomic E-state index is 12.9. The highest BCUT2D eigenvalue weighted by Crippen LogP contribution is 2.16. The van der Waals surface area contributed by atoms with Crippen LogP contribution in [0.4, 0.5) is 0 Å². The Bertz CT molecular complexity index is 909. The zero-order chi connectivity index (χ0) is 20.7. The van der Waals surface area contributed by atoms with Crippen molar-refractivity contribution in [3.63, 3.8) is 0 Å². The van der Waals surface area contributed by atoms with Crippen LogP contribution in [0.1, 0.15) is 35.7 Å². The summed E-state index contributed by atoms with van der Waals surface area (Å²) in [6.07, 6.45) is 2.48. The highest BCUT2D eigenvalue weighted by molar-refractivity contribution is 7.89. The van der Waals surface area contributed by atoms with Crippen LogP contribution in [0.15, 0.2) is 59.5 Å². The minimum absolute atomic E-state index is 0.0804. The van der Waals surface area contributed by atoms with Gasteiger partial charge in [-0.15, -0.1) is 0 Å². The van der Waals surface area contributed by atoms with Gasteiger partial charge in [0.15, 0.2) is 0 Å². The third kappa shape index (κ3) is 5.88. The molecule has 1 atom stereocenters. The Morgan fingerprint density at radius 2 is 1.97 bits per heavy atom. The number of carbonyl (C=O) groups excluding carboxylic acids is 1. The van der Waals surface area contributed by atoms with E-state index >= 15 is 0 Å². The Kier molecular flexibility index (Phi) is 7.41. The van der Waals surface area contributed by atoms with Crippen LogP contribution in [0, 0.1) is 0 Å². The molecule has 2 aromatic rings. The Hall–Kier alpha value is -2.22. The highest BCUT2D eigenvalue weighted by atomic mass is 32.2. The van der Waals surface area contributed by atoms with E-state index < -0.39 is 10.0 Å². The molecule has 0 spiro atoms. The first kappa shape index (κ1) is 21.5. The summed E-state index contributed by atoms with van der Waals surface area (Å²) in [7, 11) is -3.69. The van der Waals surface area contributed by atoms with Gasteiger partial charge in [0.25, 0.3) is 5.91 Å². The van der Waals surface area contributed by atoms with Crippen molar-refractivity contribution in [1.29, 1.82) is 0 Å². The number of nitrogens with one attached hydrogen (secondary N) is 1. The summed E-state index contributed by atoms with van der Waals surface area (Å²) in [4.78, 5) is 14.8. The predicted molar refractivity (Wildman–Crippen MR) is 112 cm³/mol. The van der Waals surface area contributed by atoms with Crippen LogP contribution in [-0.2, 0) is 21.2 Å². The molecule has 156 valence electrons. The molecule has 1 amide bonds. The van der Waals surface area contributed by atoms with E-state index in [4.69, 9.17) is 4.74 Å². The van der Waals surface area contributed by atoms with Crippen LogP contribution < -0.4 is 4.72 Å². The van der Waals surface area contributed by atoms with Crippen LogP contribution in [0.2, 0.25) is 0 Å². The van der Waals surface area contributed by atoms with Gasteiger partial charge >= 0.3 is 0 Å². The van der Waals surface area contributed by atoms with E-state index in [1.165, 1.54) is 12.1 Å². The first-order chi connectivity index (χ1) is 14.0. The molecule has 0 bridgehead atoms. The number of benzene rings is 2. The average Bonchev–Trinajstić information content (AvgIpc) is 3.27. The van der Waals surface area contributed by atoms with E-state index in [0.717, 1.165) is 24.8 Å². The summed E-state index contributed by atoms with van der Waals surface area (Å²) in [6.45, 7) is 3.98. The maximum Gasteiger partial charge on any atom is 0.253 e. The predicted octanol–water partition coefficient (Wildman–Crippen LogP) is 2.85. The topological polar surface area (TPSA) is 75.7 Å². The number of sulfonamides is 1. The number of carbonyl (C=O) groups is 1. The molecular weight excluding hydrogens is 388 g/mol. The van der Waals surface area contributed by atoms with E-state index in [-0.39, 0.29) is 23.5 Å². The number of hydrogen-bond donors (Lipinski definition) is 1. The van der Waals surface area contributed by atoms with Crippen molar-refractivity contribution in [2.24, 2.45) is 0 Å². The fraction of sp³-hybridized carbons (Fsp3) is 0.409. The van der Waals surface area contributed by atoms with Gasteiger partial charge < -0.3 is 9.64 Å². The molecule has 1 saturated heterocycles. The fourth-order valence-corrected chi connectivity index (χ4v) is 4.49. The van der Waals surface area contributed by atoms with E-state index in [1.807, 2.05) is 37.3 Å².